The maximum absolute atomic E-state index is 11.7. The molecule has 0 spiro atoms. The van der Waals surface area contributed by atoms with Crippen LogP contribution in [0.5, 0.6) is 0 Å². The first-order valence-corrected chi connectivity index (χ1v) is 17.5. The number of ketones is 1. The molecule has 0 aromatic carbocycles. The molecular weight excluding hydrogens is 512 g/mol. The van der Waals surface area contributed by atoms with E-state index < -0.39 is 0 Å². The van der Waals surface area contributed by atoms with Crippen LogP contribution in [0.2, 0.25) is 0 Å². The van der Waals surface area contributed by atoms with Crippen LogP contribution in [0.3, 0.4) is 0 Å². The van der Waals surface area contributed by atoms with Gasteiger partial charge in [-0.15, -0.1) is 0 Å². The van der Waals surface area contributed by atoms with Crippen LogP contribution in [0, 0.1) is 0 Å². The fourth-order valence-electron chi connectivity index (χ4n) is 4.60. The minimum atomic E-state index is -0.0778. The highest BCUT2D eigenvalue weighted by molar-refractivity contribution is 5.78. The number of rotatable bonds is 30. The summed E-state index contributed by atoms with van der Waals surface area (Å²) in [4.78, 5) is 11.7. The smallest absolute Gasteiger partial charge is 0.133 e. The van der Waals surface area contributed by atoms with E-state index in [-0.39, 0.29) is 6.10 Å². The lowest BCUT2D eigenvalue weighted by Gasteiger charge is -2.09. The topological polar surface area (TPSA) is 37.3 Å². The fraction of sp³-hybridized carbons (Fsp3) is 0.625. The van der Waals surface area contributed by atoms with Gasteiger partial charge in [0.15, 0.2) is 0 Å². The average Bonchev–Trinajstić information content (AvgIpc) is 2.98. The lowest BCUT2D eigenvalue weighted by atomic mass is 10.0. The second-order valence-corrected chi connectivity index (χ2v) is 11.4. The summed E-state index contributed by atoms with van der Waals surface area (Å²) in [5.74, 6) is 0.410. The van der Waals surface area contributed by atoms with Gasteiger partial charge in [-0.05, 0) is 77.0 Å². The van der Waals surface area contributed by atoms with Gasteiger partial charge in [-0.3, -0.25) is 4.79 Å². The summed E-state index contributed by atoms with van der Waals surface area (Å²) < 4.78 is 0. The van der Waals surface area contributed by atoms with Crippen molar-refractivity contribution in [1.29, 1.82) is 0 Å². The van der Waals surface area contributed by atoms with Crippen molar-refractivity contribution >= 4 is 5.78 Å². The summed E-state index contributed by atoms with van der Waals surface area (Å²) in [5, 5.41) is 9.95. The van der Waals surface area contributed by atoms with Crippen LogP contribution in [-0.2, 0) is 4.79 Å². The van der Waals surface area contributed by atoms with Crippen LogP contribution in [0.25, 0.3) is 0 Å². The average molecular weight is 579 g/mol. The van der Waals surface area contributed by atoms with Gasteiger partial charge >= 0.3 is 0 Å². The Kier molecular flexibility index (Phi) is 33.2. The van der Waals surface area contributed by atoms with Gasteiger partial charge in [0.05, 0.1) is 6.10 Å². The Balaban J connectivity index is 3.53. The zero-order valence-corrected chi connectivity index (χ0v) is 27.6. The lowest BCUT2D eigenvalue weighted by molar-refractivity contribution is -0.119. The van der Waals surface area contributed by atoms with E-state index in [0.29, 0.717) is 12.2 Å². The molecule has 2 heteroatoms. The molecule has 1 unspecified atom stereocenters. The van der Waals surface area contributed by atoms with Gasteiger partial charge in [-0.1, -0.05) is 150 Å². The van der Waals surface area contributed by atoms with Crippen molar-refractivity contribution in [3.8, 4) is 0 Å². The number of hydrogen-bond acceptors (Lipinski definition) is 2. The summed E-state index contributed by atoms with van der Waals surface area (Å²) in [6.45, 7) is 4.38. The van der Waals surface area contributed by atoms with Crippen LogP contribution in [0.4, 0.5) is 0 Å². The maximum atomic E-state index is 11.7. The van der Waals surface area contributed by atoms with Gasteiger partial charge in [0.2, 0.25) is 0 Å². The van der Waals surface area contributed by atoms with Crippen LogP contribution in [0.1, 0.15) is 155 Å². The SMILES string of the molecule is CCCCCC(=O)CCC=CCC=CCC=CCCC/C=C/C/C=C/C=C/C=C/CCCCCCC(O)CCCCC. The summed E-state index contributed by atoms with van der Waals surface area (Å²) in [5.41, 5.74) is 0. The van der Waals surface area contributed by atoms with Crippen molar-refractivity contribution in [3.05, 3.63) is 85.1 Å². The molecule has 0 saturated carbocycles. The van der Waals surface area contributed by atoms with Crippen LogP contribution < -0.4 is 0 Å². The quantitative estimate of drug-likeness (QED) is 0.0523. The van der Waals surface area contributed by atoms with E-state index in [2.05, 4.69) is 98.9 Å². The Morgan fingerprint density at radius 1 is 0.476 bits per heavy atom. The number of hydrogen-bond donors (Lipinski definition) is 1. The summed E-state index contributed by atoms with van der Waals surface area (Å²) in [6, 6.07) is 0. The van der Waals surface area contributed by atoms with E-state index in [0.717, 1.165) is 77.0 Å². The van der Waals surface area contributed by atoms with E-state index >= 15 is 0 Å². The van der Waals surface area contributed by atoms with Crippen molar-refractivity contribution in [1.82, 2.24) is 0 Å². The third-order valence-corrected chi connectivity index (χ3v) is 7.28. The fourth-order valence-corrected chi connectivity index (χ4v) is 4.60. The predicted octanol–water partition coefficient (Wildman–Crippen LogP) is 12.4. The largest absolute Gasteiger partial charge is 0.393 e. The van der Waals surface area contributed by atoms with Gasteiger partial charge < -0.3 is 5.11 Å². The number of allylic oxidation sites excluding steroid dienone is 14. The molecule has 42 heavy (non-hydrogen) atoms. The zero-order valence-electron chi connectivity index (χ0n) is 27.6. The van der Waals surface area contributed by atoms with Gasteiger partial charge in [0.25, 0.3) is 0 Å². The second-order valence-electron chi connectivity index (χ2n) is 11.4. The van der Waals surface area contributed by atoms with E-state index in [1.165, 1.54) is 57.8 Å². The number of aliphatic hydroxyl groups is 1. The molecule has 0 aromatic rings. The molecule has 238 valence electrons. The molecule has 0 rings (SSSR count). The molecule has 0 amide bonds. The molecular formula is C40H66O2. The minimum Gasteiger partial charge on any atom is -0.393 e. The first-order valence-electron chi connectivity index (χ1n) is 17.5. The first kappa shape index (κ1) is 39.8. The number of aliphatic hydroxyl groups excluding tert-OH is 1. The van der Waals surface area contributed by atoms with Crippen LogP contribution in [-0.4, -0.2) is 17.0 Å². The predicted molar refractivity (Wildman–Crippen MR) is 188 cm³/mol. The van der Waals surface area contributed by atoms with E-state index in [9.17, 15) is 9.90 Å². The van der Waals surface area contributed by atoms with Crippen molar-refractivity contribution < 1.29 is 9.90 Å². The van der Waals surface area contributed by atoms with E-state index in [1.807, 2.05) is 0 Å². The molecule has 0 fully saturated rings. The van der Waals surface area contributed by atoms with Crippen molar-refractivity contribution in [3.63, 3.8) is 0 Å². The molecule has 0 radical (unpaired) electrons. The Morgan fingerprint density at radius 3 is 1.64 bits per heavy atom. The zero-order chi connectivity index (χ0) is 30.6. The van der Waals surface area contributed by atoms with Gasteiger partial charge in [0, 0.05) is 12.8 Å². The molecule has 0 aliphatic carbocycles. The molecule has 0 saturated heterocycles. The normalized spacial score (nSPS) is 13.6. The molecule has 2 nitrogen and oxygen atoms in total. The molecule has 1 atom stereocenters. The second kappa shape index (κ2) is 35.0. The number of Topliss-reactive ketones (excluding diaryl/α,β-unsaturated/α-hetero) is 1. The highest BCUT2D eigenvalue weighted by Gasteiger charge is 2.03. The molecule has 0 aliphatic heterocycles. The van der Waals surface area contributed by atoms with Gasteiger partial charge in [0.1, 0.15) is 5.78 Å². The monoisotopic (exact) mass is 579 g/mol. The summed E-state index contributed by atoms with van der Waals surface area (Å²) in [7, 11) is 0. The standard InChI is InChI=1S/C40H66O2/c1-3-5-31-35-39(41)37-33-29-27-25-23-21-19-17-15-13-11-9-7-8-10-12-14-16-18-20-22-24-26-28-30-34-38-40(42)36-32-6-4-2/h7-8,11,13,15-19,21-22,24,28,30,39,41H,3-6,9-10,12,14,20,23,25-27,29,31-38H2,1-2H3/b8-7+,13-11+,17-15+,18-16?,21-19+,24-22?,30-28?. The molecule has 0 bridgehead atoms. The van der Waals surface area contributed by atoms with E-state index in [1.54, 1.807) is 0 Å². The summed E-state index contributed by atoms with van der Waals surface area (Å²) >= 11 is 0. The van der Waals surface area contributed by atoms with Gasteiger partial charge in [-0.2, -0.15) is 0 Å². The van der Waals surface area contributed by atoms with E-state index in [4.69, 9.17) is 0 Å². The minimum absolute atomic E-state index is 0.0778. The molecule has 1 N–H and O–H groups in total. The Morgan fingerprint density at radius 2 is 0.976 bits per heavy atom. The summed E-state index contributed by atoms with van der Waals surface area (Å²) in [6.07, 6.45) is 54.5. The molecule has 0 aliphatic rings. The van der Waals surface area contributed by atoms with Crippen molar-refractivity contribution in [2.24, 2.45) is 0 Å². The third kappa shape index (κ3) is 34.0. The highest BCUT2D eigenvalue weighted by atomic mass is 16.3. The number of carbonyl (C=O) groups is 1. The van der Waals surface area contributed by atoms with Gasteiger partial charge in [-0.25, -0.2) is 0 Å². The van der Waals surface area contributed by atoms with Crippen molar-refractivity contribution in [2.45, 2.75) is 161 Å². The maximum Gasteiger partial charge on any atom is 0.133 e. The highest BCUT2D eigenvalue weighted by Crippen LogP contribution is 2.12. The first-order chi connectivity index (χ1) is 20.7. The van der Waals surface area contributed by atoms with Crippen LogP contribution in [0.15, 0.2) is 85.1 Å². The third-order valence-electron chi connectivity index (χ3n) is 7.28. The van der Waals surface area contributed by atoms with Crippen molar-refractivity contribution in [2.75, 3.05) is 0 Å². The number of unbranched alkanes of at least 4 members (excludes halogenated alkanes) is 10. The Hall–Kier alpha value is -2.19. The molecule has 0 aromatic heterocycles. The Bertz CT molecular complexity index is 777. The Labute approximate surface area is 261 Å². The number of carbonyl (C=O) groups excluding carboxylic acids is 1. The molecule has 0 heterocycles. The van der Waals surface area contributed by atoms with Crippen LogP contribution >= 0.6 is 0 Å². The lowest BCUT2D eigenvalue weighted by Crippen LogP contribution is -2.05.